The average molecular weight is 458 g/mol. The van der Waals surface area contributed by atoms with E-state index in [4.69, 9.17) is 21.1 Å². The van der Waals surface area contributed by atoms with Crippen LogP contribution in [-0.2, 0) is 17.8 Å². The minimum Gasteiger partial charge on any atom is -0.497 e. The van der Waals surface area contributed by atoms with Crippen LogP contribution in [0.4, 0.5) is 5.69 Å². The SMILES string of the molecule is COc1cccc(COc2ccc(Cl)c(N3C(=O)Cc4csc(C(=O)O)c4C3=O)c2)c1. The van der Waals surface area contributed by atoms with E-state index in [1.54, 1.807) is 13.2 Å². The first-order valence-electron chi connectivity index (χ1n) is 9.15. The largest absolute Gasteiger partial charge is 0.497 e. The van der Waals surface area contributed by atoms with E-state index < -0.39 is 17.8 Å². The van der Waals surface area contributed by atoms with Gasteiger partial charge >= 0.3 is 5.97 Å². The van der Waals surface area contributed by atoms with Gasteiger partial charge in [-0.15, -0.1) is 11.3 Å². The van der Waals surface area contributed by atoms with E-state index >= 15 is 0 Å². The number of hydrogen-bond donors (Lipinski definition) is 1. The molecule has 0 atom stereocenters. The number of carboxylic acid groups (broad SMARTS) is 1. The van der Waals surface area contributed by atoms with Crippen molar-refractivity contribution in [3.05, 3.63) is 74.4 Å². The number of nitrogens with zero attached hydrogens (tertiary/aromatic N) is 1. The van der Waals surface area contributed by atoms with E-state index in [9.17, 15) is 19.5 Å². The van der Waals surface area contributed by atoms with Crippen LogP contribution in [0.1, 0.15) is 31.2 Å². The van der Waals surface area contributed by atoms with Crippen molar-refractivity contribution in [2.45, 2.75) is 13.0 Å². The van der Waals surface area contributed by atoms with E-state index in [0.717, 1.165) is 21.8 Å². The average Bonchev–Trinajstić information content (AvgIpc) is 3.18. The number of carboxylic acids is 1. The van der Waals surface area contributed by atoms with Crippen LogP contribution >= 0.6 is 22.9 Å². The maximum absolute atomic E-state index is 13.1. The summed E-state index contributed by atoms with van der Waals surface area (Å²) >= 11 is 7.21. The Kier molecular flexibility index (Phi) is 5.67. The Balaban J connectivity index is 1.63. The molecule has 0 fully saturated rings. The molecule has 1 aliphatic heterocycles. The van der Waals surface area contributed by atoms with Crippen LogP contribution in [0.3, 0.4) is 0 Å². The molecule has 7 nitrogen and oxygen atoms in total. The number of benzene rings is 2. The molecule has 0 aliphatic carbocycles. The van der Waals surface area contributed by atoms with Crippen LogP contribution in [0.5, 0.6) is 11.5 Å². The highest BCUT2D eigenvalue weighted by Crippen LogP contribution is 2.36. The molecule has 0 saturated heterocycles. The number of amides is 2. The van der Waals surface area contributed by atoms with Crippen LogP contribution in [0.25, 0.3) is 0 Å². The summed E-state index contributed by atoms with van der Waals surface area (Å²) in [6.07, 6.45) is -0.0872. The lowest BCUT2D eigenvalue weighted by molar-refractivity contribution is -0.117. The van der Waals surface area contributed by atoms with E-state index in [1.807, 2.05) is 24.3 Å². The van der Waals surface area contributed by atoms with E-state index in [2.05, 4.69) is 0 Å². The highest BCUT2D eigenvalue weighted by molar-refractivity contribution is 7.12. The number of fused-ring (bicyclic) bond motifs is 1. The van der Waals surface area contributed by atoms with Gasteiger partial charge in [0.2, 0.25) is 5.91 Å². The number of rotatable bonds is 6. The van der Waals surface area contributed by atoms with E-state index in [1.165, 1.54) is 17.5 Å². The fourth-order valence-electron chi connectivity index (χ4n) is 3.31. The minimum atomic E-state index is -1.21. The zero-order valence-electron chi connectivity index (χ0n) is 16.3. The second kappa shape index (κ2) is 8.41. The smallest absolute Gasteiger partial charge is 0.346 e. The molecule has 1 aliphatic rings. The Bertz CT molecular complexity index is 1200. The maximum Gasteiger partial charge on any atom is 0.346 e. The van der Waals surface area contributed by atoms with Gasteiger partial charge in [-0.1, -0.05) is 23.7 Å². The second-order valence-electron chi connectivity index (χ2n) is 6.73. The van der Waals surface area contributed by atoms with Crippen molar-refractivity contribution in [1.82, 2.24) is 0 Å². The van der Waals surface area contributed by atoms with Crippen molar-refractivity contribution >= 4 is 46.4 Å². The van der Waals surface area contributed by atoms with Gasteiger partial charge in [-0.05, 0) is 40.8 Å². The van der Waals surface area contributed by atoms with Crippen LogP contribution < -0.4 is 14.4 Å². The molecule has 3 aromatic rings. The Morgan fingerprint density at radius 2 is 2.00 bits per heavy atom. The zero-order valence-corrected chi connectivity index (χ0v) is 17.8. The Morgan fingerprint density at radius 1 is 1.19 bits per heavy atom. The van der Waals surface area contributed by atoms with Crippen molar-refractivity contribution in [2.75, 3.05) is 12.0 Å². The van der Waals surface area contributed by atoms with Crippen molar-refractivity contribution < 1.29 is 29.0 Å². The first kappa shape index (κ1) is 20.9. The molecule has 2 aromatic carbocycles. The number of thiophene rings is 1. The molecule has 158 valence electrons. The highest BCUT2D eigenvalue weighted by Gasteiger charge is 2.37. The molecule has 0 saturated carbocycles. The van der Waals surface area contributed by atoms with Crippen molar-refractivity contribution in [3.63, 3.8) is 0 Å². The topological polar surface area (TPSA) is 93.1 Å². The van der Waals surface area contributed by atoms with Crippen molar-refractivity contribution in [2.24, 2.45) is 0 Å². The first-order chi connectivity index (χ1) is 14.9. The number of anilines is 1. The van der Waals surface area contributed by atoms with Crippen LogP contribution in [0.15, 0.2) is 47.8 Å². The summed E-state index contributed by atoms with van der Waals surface area (Å²) in [5.41, 5.74) is 1.45. The van der Waals surface area contributed by atoms with Gasteiger partial charge in [0.1, 0.15) is 23.0 Å². The zero-order chi connectivity index (χ0) is 22.1. The summed E-state index contributed by atoms with van der Waals surface area (Å²) in [6, 6.07) is 12.0. The summed E-state index contributed by atoms with van der Waals surface area (Å²) < 4.78 is 11.0. The molecule has 31 heavy (non-hydrogen) atoms. The first-order valence-corrected chi connectivity index (χ1v) is 10.4. The predicted octanol–water partition coefficient (Wildman–Crippen LogP) is 4.42. The third kappa shape index (κ3) is 3.99. The van der Waals surface area contributed by atoms with E-state index in [0.29, 0.717) is 17.1 Å². The molecule has 1 aromatic heterocycles. The number of ether oxygens (including phenoxy) is 2. The summed E-state index contributed by atoms with van der Waals surface area (Å²) in [7, 11) is 1.58. The molecule has 0 radical (unpaired) electrons. The molecular formula is C22H16ClNO6S. The highest BCUT2D eigenvalue weighted by atomic mass is 35.5. The normalized spacial score (nSPS) is 13.2. The van der Waals surface area contributed by atoms with Crippen LogP contribution in [0.2, 0.25) is 5.02 Å². The molecule has 1 N–H and O–H groups in total. The molecular weight excluding hydrogens is 442 g/mol. The number of carbonyl (C=O) groups is 3. The van der Waals surface area contributed by atoms with Crippen LogP contribution in [0, 0.1) is 0 Å². The summed E-state index contributed by atoms with van der Waals surface area (Å²) in [5.74, 6) is -1.31. The third-order valence-corrected chi connectivity index (χ3v) is 6.10. The van der Waals surface area contributed by atoms with Gasteiger partial charge in [-0.3, -0.25) is 9.59 Å². The standard InChI is InChI=1S/C22H16ClNO6S/c1-29-14-4-2-3-12(7-14)10-30-15-5-6-16(23)17(9-15)24-18(25)8-13-11-31-20(22(27)28)19(13)21(24)26/h2-7,9,11H,8,10H2,1H3,(H,27,28). The number of methoxy groups -OCH3 is 1. The molecule has 0 unspecified atom stereocenters. The minimum absolute atomic E-state index is 0.0240. The lowest BCUT2D eigenvalue weighted by Gasteiger charge is -2.26. The van der Waals surface area contributed by atoms with Gasteiger partial charge in [-0.25, -0.2) is 9.69 Å². The number of carbonyl (C=O) groups excluding carboxylic acids is 2. The van der Waals surface area contributed by atoms with Crippen molar-refractivity contribution in [1.29, 1.82) is 0 Å². The monoisotopic (exact) mass is 457 g/mol. The predicted molar refractivity (Wildman–Crippen MR) is 116 cm³/mol. The number of aromatic carboxylic acids is 1. The maximum atomic E-state index is 13.1. The van der Waals surface area contributed by atoms with Crippen molar-refractivity contribution in [3.8, 4) is 11.5 Å². The molecule has 9 heteroatoms. The van der Waals surface area contributed by atoms with Gasteiger partial charge in [0.25, 0.3) is 5.91 Å². The fraction of sp³-hybridized carbons (Fsp3) is 0.136. The number of halogens is 1. The molecule has 0 spiro atoms. The number of imide groups is 1. The van der Waals surface area contributed by atoms with Gasteiger partial charge in [-0.2, -0.15) is 0 Å². The molecule has 0 bridgehead atoms. The Morgan fingerprint density at radius 3 is 2.74 bits per heavy atom. The van der Waals surface area contributed by atoms with Gasteiger partial charge in [0, 0.05) is 6.07 Å². The summed E-state index contributed by atoms with van der Waals surface area (Å²) in [4.78, 5) is 38.1. The van der Waals surface area contributed by atoms with Gasteiger partial charge in [0.15, 0.2) is 0 Å². The van der Waals surface area contributed by atoms with E-state index in [-0.39, 0.29) is 34.2 Å². The fourth-order valence-corrected chi connectivity index (χ4v) is 4.41. The second-order valence-corrected chi connectivity index (χ2v) is 8.02. The van der Waals surface area contributed by atoms with Gasteiger partial charge in [0.05, 0.1) is 29.8 Å². The molecule has 2 amide bonds. The lowest BCUT2D eigenvalue weighted by atomic mass is 10.0. The van der Waals surface area contributed by atoms with Gasteiger partial charge < -0.3 is 14.6 Å². The Hall–Kier alpha value is -3.36. The third-order valence-electron chi connectivity index (χ3n) is 4.77. The lowest BCUT2D eigenvalue weighted by Crippen LogP contribution is -2.42. The molecule has 2 heterocycles. The quantitative estimate of drug-likeness (QED) is 0.551. The van der Waals surface area contributed by atoms with Crippen LogP contribution in [-0.4, -0.2) is 30.0 Å². The number of hydrogen-bond acceptors (Lipinski definition) is 6. The summed E-state index contributed by atoms with van der Waals surface area (Å²) in [6.45, 7) is 0.234. The summed E-state index contributed by atoms with van der Waals surface area (Å²) in [5, 5.41) is 11.1. The Labute approximate surface area is 186 Å². The molecule has 4 rings (SSSR count).